The maximum Gasteiger partial charge on any atom is 0.419 e. The number of aryl methyl sites for hydroxylation is 1. The zero-order chi connectivity index (χ0) is 22.6. The number of imidazole rings is 1. The number of para-hydroxylation sites is 2. The Bertz CT molecular complexity index is 1450. The average Bonchev–Trinajstić information content (AvgIpc) is 3.38. The minimum absolute atomic E-state index is 0.131. The fraction of sp³-hybridized carbons (Fsp3) is 0.160. The van der Waals surface area contributed by atoms with Crippen LogP contribution in [0.25, 0.3) is 16.7 Å². The predicted octanol–water partition coefficient (Wildman–Crippen LogP) is 4.24. The molecule has 0 spiro atoms. The SMILES string of the molecule is O=C(CCCn1c(=O)oc2ccccc21)Nc1cccc(OCc2cn3ccccc3n2)c1. The monoisotopic (exact) mass is 442 g/mol. The molecule has 0 saturated heterocycles. The first-order valence-corrected chi connectivity index (χ1v) is 10.7. The van der Waals surface area contributed by atoms with E-state index in [1.807, 2.05) is 71.4 Å². The molecule has 0 unspecified atom stereocenters. The predicted molar refractivity (Wildman–Crippen MR) is 124 cm³/mol. The van der Waals surface area contributed by atoms with Crippen LogP contribution < -0.4 is 15.8 Å². The summed E-state index contributed by atoms with van der Waals surface area (Å²) in [5, 5.41) is 2.88. The van der Waals surface area contributed by atoms with Gasteiger partial charge in [-0.05, 0) is 42.8 Å². The van der Waals surface area contributed by atoms with Crippen LogP contribution in [0.5, 0.6) is 5.75 Å². The standard InChI is InChI=1S/C25H22N4O4/c30-24(12-6-14-29-21-9-1-2-10-22(21)33-25(29)31)27-18-7-5-8-20(15-18)32-17-19-16-28-13-4-3-11-23(28)26-19/h1-5,7-11,13,15-16H,6,12,14,17H2,(H,27,30). The van der Waals surface area contributed by atoms with Gasteiger partial charge in [0.1, 0.15) is 18.0 Å². The Balaban J connectivity index is 1.15. The van der Waals surface area contributed by atoms with Crippen molar-refractivity contribution >= 4 is 28.3 Å². The van der Waals surface area contributed by atoms with Gasteiger partial charge in [-0.25, -0.2) is 9.78 Å². The minimum atomic E-state index is -0.410. The number of hydrogen-bond donors (Lipinski definition) is 1. The van der Waals surface area contributed by atoms with E-state index in [1.165, 1.54) is 0 Å². The summed E-state index contributed by atoms with van der Waals surface area (Å²) in [6.07, 6.45) is 4.65. The molecule has 166 valence electrons. The zero-order valence-corrected chi connectivity index (χ0v) is 17.8. The highest BCUT2D eigenvalue weighted by molar-refractivity contribution is 5.90. The Hall–Kier alpha value is -4.33. The third-order valence-electron chi connectivity index (χ3n) is 5.28. The first-order chi connectivity index (χ1) is 16.2. The molecule has 1 amide bonds. The van der Waals surface area contributed by atoms with Crippen LogP contribution in [0.15, 0.2) is 88.3 Å². The van der Waals surface area contributed by atoms with Crippen LogP contribution in [0.1, 0.15) is 18.5 Å². The van der Waals surface area contributed by atoms with Crippen molar-refractivity contribution in [1.82, 2.24) is 14.0 Å². The molecule has 1 N–H and O–H groups in total. The number of nitrogens with one attached hydrogen (secondary N) is 1. The van der Waals surface area contributed by atoms with E-state index in [2.05, 4.69) is 10.3 Å². The molecule has 33 heavy (non-hydrogen) atoms. The number of anilines is 1. The van der Waals surface area contributed by atoms with Gasteiger partial charge < -0.3 is 18.9 Å². The number of oxazole rings is 1. The average molecular weight is 442 g/mol. The zero-order valence-electron chi connectivity index (χ0n) is 17.8. The Morgan fingerprint density at radius 2 is 1.94 bits per heavy atom. The van der Waals surface area contributed by atoms with Gasteiger partial charge in [0.2, 0.25) is 5.91 Å². The lowest BCUT2D eigenvalue weighted by molar-refractivity contribution is -0.116. The normalized spacial score (nSPS) is 11.2. The van der Waals surface area contributed by atoms with Crippen LogP contribution in [0.4, 0.5) is 5.69 Å². The van der Waals surface area contributed by atoms with Crippen LogP contribution >= 0.6 is 0 Å². The number of aromatic nitrogens is 3. The summed E-state index contributed by atoms with van der Waals surface area (Å²) >= 11 is 0. The van der Waals surface area contributed by atoms with Crippen molar-refractivity contribution in [1.29, 1.82) is 0 Å². The number of carbonyl (C=O) groups is 1. The van der Waals surface area contributed by atoms with Crippen LogP contribution in [0, 0.1) is 0 Å². The molecule has 3 aromatic heterocycles. The molecule has 0 atom stereocenters. The maximum absolute atomic E-state index is 12.4. The van der Waals surface area contributed by atoms with E-state index >= 15 is 0 Å². The number of benzene rings is 2. The maximum atomic E-state index is 12.4. The smallest absolute Gasteiger partial charge is 0.419 e. The number of rotatable bonds is 8. The highest BCUT2D eigenvalue weighted by atomic mass is 16.5. The fourth-order valence-electron chi connectivity index (χ4n) is 3.72. The van der Waals surface area contributed by atoms with E-state index in [1.54, 1.807) is 16.7 Å². The van der Waals surface area contributed by atoms with E-state index < -0.39 is 5.76 Å². The van der Waals surface area contributed by atoms with Crippen molar-refractivity contribution in [2.75, 3.05) is 5.32 Å². The third-order valence-corrected chi connectivity index (χ3v) is 5.28. The Kier molecular flexibility index (Phi) is 5.63. The lowest BCUT2D eigenvalue weighted by atomic mass is 10.2. The van der Waals surface area contributed by atoms with Gasteiger partial charge >= 0.3 is 5.76 Å². The number of fused-ring (bicyclic) bond motifs is 2. The molecular weight excluding hydrogens is 420 g/mol. The summed E-state index contributed by atoms with van der Waals surface area (Å²) in [5.74, 6) is 0.0988. The largest absolute Gasteiger partial charge is 0.487 e. The van der Waals surface area contributed by atoms with Gasteiger partial charge in [0, 0.05) is 37.1 Å². The number of nitrogens with zero attached hydrogens (tertiary/aromatic N) is 3. The van der Waals surface area contributed by atoms with Crippen molar-refractivity contribution in [3.63, 3.8) is 0 Å². The second-order valence-electron chi connectivity index (χ2n) is 7.65. The van der Waals surface area contributed by atoms with Crippen LogP contribution in [-0.2, 0) is 17.9 Å². The molecule has 0 radical (unpaired) electrons. The van der Waals surface area contributed by atoms with E-state index in [9.17, 15) is 9.59 Å². The second kappa shape index (κ2) is 9.04. The molecule has 0 fully saturated rings. The summed E-state index contributed by atoms with van der Waals surface area (Å²) in [6.45, 7) is 0.734. The molecular formula is C25H22N4O4. The molecule has 8 nitrogen and oxygen atoms in total. The summed E-state index contributed by atoms with van der Waals surface area (Å²) < 4.78 is 14.6. The van der Waals surface area contributed by atoms with Crippen molar-refractivity contribution in [2.45, 2.75) is 26.0 Å². The van der Waals surface area contributed by atoms with Gasteiger partial charge in [0.05, 0.1) is 11.2 Å². The Labute approximate surface area is 189 Å². The van der Waals surface area contributed by atoms with Gasteiger partial charge in [-0.15, -0.1) is 0 Å². The van der Waals surface area contributed by atoms with E-state index in [4.69, 9.17) is 9.15 Å². The molecule has 3 heterocycles. The van der Waals surface area contributed by atoms with Crippen molar-refractivity contribution in [3.05, 3.63) is 95.4 Å². The third kappa shape index (κ3) is 4.64. The van der Waals surface area contributed by atoms with Gasteiger partial charge in [-0.1, -0.05) is 24.3 Å². The summed E-state index contributed by atoms with van der Waals surface area (Å²) in [7, 11) is 0. The molecule has 0 saturated carbocycles. The molecule has 0 aliphatic rings. The van der Waals surface area contributed by atoms with Gasteiger partial charge in [0.15, 0.2) is 5.58 Å². The molecule has 8 heteroatoms. The van der Waals surface area contributed by atoms with Crippen molar-refractivity contribution in [3.8, 4) is 5.75 Å². The van der Waals surface area contributed by atoms with Crippen molar-refractivity contribution in [2.24, 2.45) is 0 Å². The topological polar surface area (TPSA) is 90.8 Å². The first kappa shape index (κ1) is 20.6. The molecule has 5 aromatic rings. The lowest BCUT2D eigenvalue weighted by Gasteiger charge is -2.09. The molecule has 2 aromatic carbocycles. The van der Waals surface area contributed by atoms with E-state index in [0.717, 1.165) is 16.9 Å². The molecule has 5 rings (SSSR count). The highest BCUT2D eigenvalue weighted by Crippen LogP contribution is 2.19. The summed E-state index contributed by atoms with van der Waals surface area (Å²) in [5.41, 5.74) is 3.62. The molecule has 0 bridgehead atoms. The number of amides is 1. The van der Waals surface area contributed by atoms with E-state index in [0.29, 0.717) is 36.6 Å². The number of hydrogen-bond acceptors (Lipinski definition) is 5. The Morgan fingerprint density at radius 1 is 1.06 bits per heavy atom. The van der Waals surface area contributed by atoms with Gasteiger partial charge in [0.25, 0.3) is 0 Å². The Morgan fingerprint density at radius 3 is 2.85 bits per heavy atom. The van der Waals surface area contributed by atoms with Gasteiger partial charge in [-0.2, -0.15) is 0 Å². The van der Waals surface area contributed by atoms with Gasteiger partial charge in [-0.3, -0.25) is 9.36 Å². The molecule has 0 aliphatic carbocycles. The highest BCUT2D eigenvalue weighted by Gasteiger charge is 2.10. The van der Waals surface area contributed by atoms with Crippen LogP contribution in [0.3, 0.4) is 0 Å². The quantitative estimate of drug-likeness (QED) is 0.388. The van der Waals surface area contributed by atoms with Crippen LogP contribution in [0.2, 0.25) is 0 Å². The second-order valence-corrected chi connectivity index (χ2v) is 7.65. The number of carbonyl (C=O) groups excluding carboxylic acids is 1. The first-order valence-electron chi connectivity index (χ1n) is 10.7. The van der Waals surface area contributed by atoms with Crippen LogP contribution in [-0.4, -0.2) is 19.9 Å². The summed E-state index contributed by atoms with van der Waals surface area (Å²) in [6, 6.07) is 20.3. The van der Waals surface area contributed by atoms with E-state index in [-0.39, 0.29) is 12.3 Å². The minimum Gasteiger partial charge on any atom is -0.487 e. The lowest BCUT2D eigenvalue weighted by Crippen LogP contribution is -2.17. The fourth-order valence-corrected chi connectivity index (χ4v) is 3.72. The number of ether oxygens (including phenoxy) is 1. The molecule has 0 aliphatic heterocycles. The number of pyridine rings is 1. The summed E-state index contributed by atoms with van der Waals surface area (Å²) in [4.78, 5) is 29.0. The van der Waals surface area contributed by atoms with Crippen molar-refractivity contribution < 1.29 is 13.9 Å².